The molecule has 0 atom stereocenters. The van der Waals surface area contributed by atoms with Gasteiger partial charge in [0, 0.05) is 10.9 Å². The predicted octanol–water partition coefficient (Wildman–Crippen LogP) is 1.37. The van der Waals surface area contributed by atoms with Crippen LogP contribution in [0.1, 0.15) is 10.4 Å². The van der Waals surface area contributed by atoms with E-state index in [1.54, 1.807) is 21.9 Å². The Morgan fingerprint density at radius 3 is 3.05 bits per heavy atom. The summed E-state index contributed by atoms with van der Waals surface area (Å²) in [6, 6.07) is 3.58. The van der Waals surface area contributed by atoms with Crippen molar-refractivity contribution in [2.75, 3.05) is 7.11 Å². The molecule has 3 rings (SSSR count). The van der Waals surface area contributed by atoms with E-state index in [2.05, 4.69) is 16.4 Å². The third kappa shape index (κ3) is 1.75. The van der Waals surface area contributed by atoms with Crippen LogP contribution >= 0.6 is 11.3 Å². The van der Waals surface area contributed by atoms with Crippen molar-refractivity contribution in [1.29, 1.82) is 0 Å². The van der Waals surface area contributed by atoms with Crippen molar-refractivity contribution in [2.45, 2.75) is 0 Å². The molecular weight excluding hydrogens is 264 g/mol. The maximum atomic E-state index is 11.5. The first-order valence-electron chi connectivity index (χ1n) is 5.38. The summed E-state index contributed by atoms with van der Waals surface area (Å²) in [5, 5.41) is 7.93. The zero-order valence-corrected chi connectivity index (χ0v) is 10.8. The van der Waals surface area contributed by atoms with Gasteiger partial charge in [-0.2, -0.15) is 11.3 Å². The van der Waals surface area contributed by atoms with Crippen LogP contribution in [0.4, 0.5) is 0 Å². The van der Waals surface area contributed by atoms with Crippen LogP contribution in [0.2, 0.25) is 0 Å². The highest BCUT2D eigenvalue weighted by Crippen LogP contribution is 2.30. The Morgan fingerprint density at radius 1 is 1.58 bits per heavy atom. The predicted molar refractivity (Wildman–Crippen MR) is 70.2 cm³/mol. The number of nitrogens with two attached hydrogens (primary N) is 1. The van der Waals surface area contributed by atoms with Gasteiger partial charge in [0.05, 0.1) is 18.4 Å². The van der Waals surface area contributed by atoms with Crippen LogP contribution in [-0.2, 0) is 0 Å². The second-order valence-electron chi connectivity index (χ2n) is 3.80. The highest BCUT2D eigenvalue weighted by atomic mass is 32.1. The number of fused-ring (bicyclic) bond motifs is 1. The monoisotopic (exact) mass is 273 g/mol. The summed E-state index contributed by atoms with van der Waals surface area (Å²) in [6.45, 7) is 0. The summed E-state index contributed by atoms with van der Waals surface area (Å²) in [7, 11) is 1.46. The van der Waals surface area contributed by atoms with Crippen LogP contribution in [0.15, 0.2) is 22.9 Å². The molecule has 0 aliphatic rings. The van der Waals surface area contributed by atoms with Crippen LogP contribution in [0.25, 0.3) is 16.9 Å². The largest absolute Gasteiger partial charge is 0.492 e. The number of carbonyl (C=O) groups is 1. The molecule has 0 aliphatic carbocycles. The van der Waals surface area contributed by atoms with Crippen LogP contribution < -0.4 is 10.5 Å². The number of amides is 1. The van der Waals surface area contributed by atoms with E-state index < -0.39 is 5.91 Å². The van der Waals surface area contributed by atoms with Crippen molar-refractivity contribution in [3.05, 3.63) is 34.8 Å². The van der Waals surface area contributed by atoms with Gasteiger partial charge in [-0.05, 0) is 17.5 Å². The molecule has 3 aromatic rings. The number of carbonyl (C=O) groups excluding carboxylic acids is 1. The van der Waals surface area contributed by atoms with Gasteiger partial charge in [0.15, 0.2) is 11.4 Å². The molecule has 0 unspecified atom stereocenters. The molecule has 95 valence electrons. The second-order valence-corrected chi connectivity index (χ2v) is 4.58. The summed E-state index contributed by atoms with van der Waals surface area (Å²) in [5.74, 6) is -0.265. The topological polar surface area (TPSA) is 82.5 Å². The number of hydrogen-bond donors (Lipinski definition) is 1. The van der Waals surface area contributed by atoms with E-state index >= 15 is 0 Å². The average Bonchev–Trinajstić information content (AvgIpc) is 3.07. The fourth-order valence-corrected chi connectivity index (χ4v) is 2.56. The maximum Gasteiger partial charge on any atom is 0.252 e. The standard InChI is InChI=1S/C12H9N4O2S/c1-18-10-8(11(13)17)4-9(7-2-3-19-5-7)16-12(10)14-6-15-16/h2-5H,1H3,(H2,13,17). The zero-order chi connectivity index (χ0) is 13.4. The molecular formula is C12H9N4O2S. The van der Waals surface area contributed by atoms with Gasteiger partial charge in [0.1, 0.15) is 0 Å². The lowest BCUT2D eigenvalue weighted by atomic mass is 10.1. The lowest BCUT2D eigenvalue weighted by Gasteiger charge is -2.10. The molecule has 0 saturated heterocycles. The second kappa shape index (κ2) is 4.36. The Balaban J connectivity index is 2.40. The number of thiophene rings is 1. The number of methoxy groups -OCH3 is 1. The van der Waals surface area contributed by atoms with Crippen molar-refractivity contribution < 1.29 is 9.53 Å². The highest BCUT2D eigenvalue weighted by molar-refractivity contribution is 7.08. The summed E-state index contributed by atoms with van der Waals surface area (Å²) in [4.78, 5) is 15.5. The van der Waals surface area contributed by atoms with Gasteiger partial charge >= 0.3 is 0 Å². The summed E-state index contributed by atoms with van der Waals surface area (Å²) >= 11 is 1.55. The first kappa shape index (κ1) is 11.7. The highest BCUT2D eigenvalue weighted by Gasteiger charge is 2.19. The summed E-state index contributed by atoms with van der Waals surface area (Å²) < 4.78 is 6.79. The molecule has 0 aromatic carbocycles. The van der Waals surface area contributed by atoms with Gasteiger partial charge in [0.2, 0.25) is 6.33 Å². The van der Waals surface area contributed by atoms with Gasteiger partial charge in [0.25, 0.3) is 5.91 Å². The third-order valence-corrected chi connectivity index (χ3v) is 3.43. The molecule has 0 spiro atoms. The Hall–Kier alpha value is -2.41. The summed E-state index contributed by atoms with van der Waals surface area (Å²) in [5.41, 5.74) is 7.73. The first-order chi connectivity index (χ1) is 9.22. The normalized spacial score (nSPS) is 10.8. The lowest BCUT2D eigenvalue weighted by Crippen LogP contribution is -2.14. The van der Waals surface area contributed by atoms with Crippen molar-refractivity contribution in [2.24, 2.45) is 5.73 Å². The van der Waals surface area contributed by atoms with Gasteiger partial charge in [-0.25, -0.2) is 9.50 Å². The Morgan fingerprint density at radius 2 is 2.42 bits per heavy atom. The molecule has 3 heterocycles. The van der Waals surface area contributed by atoms with Crippen molar-refractivity contribution in [3.63, 3.8) is 0 Å². The number of pyridine rings is 1. The van der Waals surface area contributed by atoms with E-state index in [1.165, 1.54) is 7.11 Å². The number of nitrogens with zero attached hydrogens (tertiary/aromatic N) is 3. The van der Waals surface area contributed by atoms with E-state index in [0.717, 1.165) is 11.3 Å². The van der Waals surface area contributed by atoms with Crippen LogP contribution in [-0.4, -0.2) is 27.6 Å². The molecule has 19 heavy (non-hydrogen) atoms. The Bertz CT molecular complexity index is 749. The fraction of sp³-hybridized carbons (Fsp3) is 0.0833. The molecule has 0 bridgehead atoms. The number of rotatable bonds is 3. The Labute approximate surface area is 112 Å². The number of primary amides is 1. The van der Waals surface area contributed by atoms with Crippen LogP contribution in [0.5, 0.6) is 5.75 Å². The minimum Gasteiger partial charge on any atom is -0.492 e. The molecule has 6 nitrogen and oxygen atoms in total. The first-order valence-corrected chi connectivity index (χ1v) is 6.33. The van der Waals surface area contributed by atoms with E-state index in [1.807, 2.05) is 16.8 Å². The minimum absolute atomic E-state index is 0.276. The van der Waals surface area contributed by atoms with E-state index in [4.69, 9.17) is 10.5 Å². The van der Waals surface area contributed by atoms with Crippen molar-refractivity contribution >= 4 is 22.9 Å². The molecule has 1 radical (unpaired) electrons. The van der Waals surface area contributed by atoms with Crippen LogP contribution in [0, 0.1) is 6.33 Å². The van der Waals surface area contributed by atoms with Crippen LogP contribution in [0.3, 0.4) is 0 Å². The zero-order valence-electron chi connectivity index (χ0n) is 9.95. The van der Waals surface area contributed by atoms with Gasteiger partial charge < -0.3 is 10.5 Å². The van der Waals surface area contributed by atoms with E-state index in [9.17, 15) is 4.79 Å². The molecule has 2 N–H and O–H groups in total. The van der Waals surface area contributed by atoms with Crippen molar-refractivity contribution in [3.8, 4) is 17.0 Å². The number of aromatic nitrogens is 3. The van der Waals surface area contributed by atoms with Gasteiger partial charge in [-0.15, -0.1) is 5.10 Å². The fourth-order valence-electron chi connectivity index (χ4n) is 1.91. The van der Waals surface area contributed by atoms with E-state index in [-0.39, 0.29) is 5.56 Å². The maximum absolute atomic E-state index is 11.5. The van der Waals surface area contributed by atoms with Gasteiger partial charge in [-0.3, -0.25) is 4.79 Å². The average molecular weight is 273 g/mol. The number of hydrogen-bond acceptors (Lipinski definition) is 5. The summed E-state index contributed by atoms with van der Waals surface area (Å²) in [6.07, 6.45) is 2.52. The quantitative estimate of drug-likeness (QED) is 0.781. The molecule has 1 amide bonds. The molecule has 0 aliphatic heterocycles. The minimum atomic E-state index is -0.571. The Kier molecular flexibility index (Phi) is 2.68. The third-order valence-electron chi connectivity index (χ3n) is 2.74. The molecule has 0 saturated carbocycles. The number of ether oxygens (including phenoxy) is 1. The molecule has 0 fully saturated rings. The molecule has 3 aromatic heterocycles. The molecule has 7 heteroatoms. The van der Waals surface area contributed by atoms with Crippen molar-refractivity contribution in [1.82, 2.24) is 14.6 Å². The smallest absolute Gasteiger partial charge is 0.252 e. The van der Waals surface area contributed by atoms with E-state index in [0.29, 0.717) is 11.4 Å². The van der Waals surface area contributed by atoms with Gasteiger partial charge in [-0.1, -0.05) is 0 Å². The SMILES string of the molecule is COc1c(C(N)=O)cc(-c2ccsc2)n2n[c]nc12. The lowest BCUT2D eigenvalue weighted by molar-refractivity contribution is 0.0997.